The molecule has 5 rings (SSSR count). The van der Waals surface area contributed by atoms with Crippen molar-refractivity contribution in [2.75, 3.05) is 36.8 Å². The zero-order valence-corrected chi connectivity index (χ0v) is 20.6. The third-order valence-electron chi connectivity index (χ3n) is 6.25. The van der Waals surface area contributed by atoms with E-state index in [1.807, 2.05) is 30.7 Å². The molecule has 4 heterocycles. The molecule has 3 aliphatic rings. The molecule has 0 spiro atoms. The van der Waals surface area contributed by atoms with Gasteiger partial charge in [-0.25, -0.2) is 4.39 Å². The maximum Gasteiger partial charge on any atom is 0.238 e. The van der Waals surface area contributed by atoms with Gasteiger partial charge in [0.1, 0.15) is 5.82 Å². The van der Waals surface area contributed by atoms with E-state index in [1.54, 1.807) is 17.8 Å². The van der Waals surface area contributed by atoms with Crippen molar-refractivity contribution in [3.8, 4) is 0 Å². The second kappa shape index (κ2) is 9.14. The van der Waals surface area contributed by atoms with E-state index in [1.165, 1.54) is 12.5 Å². The van der Waals surface area contributed by atoms with E-state index in [0.29, 0.717) is 12.0 Å². The van der Waals surface area contributed by atoms with Crippen molar-refractivity contribution in [1.29, 1.82) is 0 Å². The summed E-state index contributed by atoms with van der Waals surface area (Å²) in [5.74, 6) is 3.09. The summed E-state index contributed by atoms with van der Waals surface area (Å²) in [6, 6.07) is 7.54. The zero-order chi connectivity index (χ0) is 21.4. The van der Waals surface area contributed by atoms with Gasteiger partial charge in [-0.1, -0.05) is 17.8 Å². The fraction of sp³-hybridized carbons (Fsp3) is 0.524. The lowest BCUT2D eigenvalue weighted by Gasteiger charge is -2.27. The topological polar surface area (TPSA) is 58.8 Å². The van der Waals surface area contributed by atoms with Gasteiger partial charge in [0.25, 0.3) is 0 Å². The maximum absolute atomic E-state index is 13.7. The van der Waals surface area contributed by atoms with Crippen LogP contribution in [0, 0.1) is 11.7 Å². The van der Waals surface area contributed by atoms with E-state index in [-0.39, 0.29) is 5.82 Å². The monoisotopic (exact) mass is 556 g/mol. The van der Waals surface area contributed by atoms with Gasteiger partial charge in [0.05, 0.1) is 5.70 Å². The molecule has 0 bridgehead atoms. The van der Waals surface area contributed by atoms with Crippen molar-refractivity contribution in [2.24, 2.45) is 16.1 Å². The summed E-state index contributed by atoms with van der Waals surface area (Å²) in [6.45, 7) is 6.29. The molecule has 7 nitrogen and oxygen atoms in total. The number of halogens is 2. The normalized spacial score (nSPS) is 23.4. The molecule has 0 amide bonds. The minimum absolute atomic E-state index is 0.151. The lowest BCUT2D eigenvalue weighted by molar-refractivity contribution is 0.319. The third kappa shape index (κ3) is 4.38. The second-order valence-corrected chi connectivity index (χ2v) is 10.6. The highest BCUT2D eigenvalue weighted by molar-refractivity contribution is 14.1. The molecular weight excluding hydrogens is 530 g/mol. The molecule has 1 aromatic carbocycles. The number of rotatable bonds is 7. The largest absolute Gasteiger partial charge is 0.414 e. The van der Waals surface area contributed by atoms with Crippen molar-refractivity contribution in [3.63, 3.8) is 0 Å². The highest BCUT2D eigenvalue weighted by Crippen LogP contribution is 2.36. The Balaban J connectivity index is 1.11. The first-order valence-electron chi connectivity index (χ1n) is 10.6. The quantitative estimate of drug-likeness (QED) is 0.286. The van der Waals surface area contributed by atoms with Gasteiger partial charge in [0.15, 0.2) is 5.16 Å². The summed E-state index contributed by atoms with van der Waals surface area (Å²) in [6.07, 6.45) is 2.30. The van der Waals surface area contributed by atoms with E-state index in [9.17, 15) is 4.39 Å². The molecule has 2 aromatic rings. The Morgan fingerprint density at radius 3 is 3.00 bits per heavy atom. The minimum Gasteiger partial charge on any atom is -0.414 e. The van der Waals surface area contributed by atoms with Crippen molar-refractivity contribution in [1.82, 2.24) is 19.7 Å². The molecule has 2 saturated heterocycles. The molecule has 2 atom stereocenters. The van der Waals surface area contributed by atoms with Crippen LogP contribution in [0.2, 0.25) is 0 Å². The van der Waals surface area contributed by atoms with E-state index in [4.69, 9.17) is 3.07 Å². The molecule has 0 N–H and O–H groups in total. The van der Waals surface area contributed by atoms with Crippen LogP contribution >= 0.6 is 33.2 Å². The smallest absolute Gasteiger partial charge is 0.238 e. The van der Waals surface area contributed by atoms with Crippen LogP contribution < -0.4 is 4.90 Å². The Labute approximate surface area is 196 Å². The lowest BCUT2D eigenvalue weighted by atomic mass is 10.1. The first-order chi connectivity index (χ1) is 15.1. The van der Waals surface area contributed by atoms with Crippen LogP contribution in [0.1, 0.15) is 25.6 Å². The molecule has 0 radical (unpaired) electrons. The molecule has 2 fully saturated rings. The summed E-state index contributed by atoms with van der Waals surface area (Å²) in [4.78, 5) is 4.97. The van der Waals surface area contributed by atoms with Crippen molar-refractivity contribution in [2.45, 2.75) is 31.0 Å². The minimum atomic E-state index is -0.577. The van der Waals surface area contributed by atoms with Gasteiger partial charge < -0.3 is 17.4 Å². The Hall–Kier alpha value is -1.53. The van der Waals surface area contributed by atoms with Gasteiger partial charge >= 0.3 is 0 Å². The molecule has 3 aliphatic heterocycles. The number of hydrogen-bond donors (Lipinski definition) is 0. The number of nitrogens with zero attached hydrogens (tertiary/aromatic N) is 6. The molecule has 2 unspecified atom stereocenters. The maximum atomic E-state index is 13.7. The Morgan fingerprint density at radius 1 is 1.29 bits per heavy atom. The van der Waals surface area contributed by atoms with E-state index in [2.05, 4.69) is 23.1 Å². The summed E-state index contributed by atoms with van der Waals surface area (Å²) >= 11 is 1.17. The molecular formula is C21H26FIN6OS. The number of hydrogen-bond acceptors (Lipinski definition) is 7. The van der Waals surface area contributed by atoms with Crippen molar-refractivity contribution in [3.05, 3.63) is 41.6 Å². The Bertz CT molecular complexity index is 1030. The van der Waals surface area contributed by atoms with Crippen LogP contribution in [0.15, 0.2) is 38.3 Å². The predicted molar refractivity (Wildman–Crippen MR) is 129 cm³/mol. The SMILES string of the molecule is CC1=C(c2nnc(SCCCN3CC4CCN(c5cccc(F)c5)C4C3)n2C)OI=N1. The molecule has 166 valence electrons. The van der Waals surface area contributed by atoms with Crippen molar-refractivity contribution >= 4 is 44.7 Å². The van der Waals surface area contributed by atoms with Crippen LogP contribution in [0.4, 0.5) is 10.1 Å². The fourth-order valence-corrected chi connectivity index (χ4v) is 6.85. The number of likely N-dealkylation sites (tertiary alicyclic amines) is 1. The zero-order valence-electron chi connectivity index (χ0n) is 17.7. The van der Waals surface area contributed by atoms with E-state index < -0.39 is 21.4 Å². The van der Waals surface area contributed by atoms with Gasteiger partial charge in [0.2, 0.25) is 33.0 Å². The Morgan fingerprint density at radius 2 is 2.19 bits per heavy atom. The summed E-state index contributed by atoms with van der Waals surface area (Å²) in [5.41, 5.74) is 1.95. The number of benzene rings is 1. The van der Waals surface area contributed by atoms with Crippen molar-refractivity contribution < 1.29 is 7.46 Å². The first kappa shape index (κ1) is 21.3. The fourth-order valence-electron chi connectivity index (χ4n) is 4.69. The number of aromatic nitrogens is 3. The summed E-state index contributed by atoms with van der Waals surface area (Å²) in [7, 11) is 1.99. The number of fused-ring (bicyclic) bond motifs is 1. The number of anilines is 1. The van der Waals surface area contributed by atoms with Gasteiger partial charge in [0, 0.05) is 44.2 Å². The van der Waals surface area contributed by atoms with Crippen LogP contribution in [0.3, 0.4) is 0 Å². The molecule has 10 heteroatoms. The predicted octanol–water partition coefficient (Wildman–Crippen LogP) is 4.44. The number of thioether (sulfide) groups is 1. The van der Waals surface area contributed by atoms with Crippen LogP contribution in [-0.2, 0) is 10.1 Å². The molecule has 1 aromatic heterocycles. The van der Waals surface area contributed by atoms with E-state index >= 15 is 0 Å². The highest BCUT2D eigenvalue weighted by Gasteiger charge is 2.41. The van der Waals surface area contributed by atoms with Crippen LogP contribution in [0.25, 0.3) is 5.76 Å². The molecule has 31 heavy (non-hydrogen) atoms. The Kier molecular flexibility index (Phi) is 6.29. The van der Waals surface area contributed by atoms with E-state index in [0.717, 1.165) is 66.5 Å². The summed E-state index contributed by atoms with van der Waals surface area (Å²) < 4.78 is 25.7. The lowest BCUT2D eigenvalue weighted by Crippen LogP contribution is -2.35. The highest BCUT2D eigenvalue weighted by atomic mass is 127. The number of allylic oxidation sites excluding steroid dienone is 1. The van der Waals surface area contributed by atoms with Gasteiger partial charge in [-0.2, -0.15) is 3.15 Å². The van der Waals surface area contributed by atoms with Gasteiger partial charge in [-0.15, -0.1) is 10.2 Å². The van der Waals surface area contributed by atoms with Crippen LogP contribution in [0.5, 0.6) is 0 Å². The molecule has 0 saturated carbocycles. The standard InChI is InChI=1S/C21H26FIN6OS/c1-14-19(30-23-24-14)20-25-26-21(27(20)2)31-10-4-8-28-12-15-7-9-29(18(15)13-28)17-6-3-5-16(22)11-17/h3,5-6,11,15,18H,4,7-10,12-13H2,1-2H3. The first-order valence-corrected chi connectivity index (χ1v) is 13.4. The average molecular weight is 556 g/mol. The average Bonchev–Trinajstić information content (AvgIpc) is 3.50. The summed E-state index contributed by atoms with van der Waals surface area (Å²) in [5, 5.41) is 9.57. The molecule has 0 aliphatic carbocycles. The van der Waals surface area contributed by atoms with Crippen LogP contribution in [-0.4, -0.2) is 57.6 Å². The second-order valence-electron chi connectivity index (χ2n) is 8.26. The van der Waals surface area contributed by atoms with Gasteiger partial charge in [-0.05, 0) is 50.4 Å². The third-order valence-corrected chi connectivity index (χ3v) is 8.92. The van der Waals surface area contributed by atoms with Gasteiger partial charge in [-0.3, -0.25) is 0 Å².